The Morgan fingerprint density at radius 2 is 1.17 bits per heavy atom. The van der Waals surface area contributed by atoms with Gasteiger partial charge in [-0.3, -0.25) is 9.97 Å². The predicted octanol–water partition coefficient (Wildman–Crippen LogP) is 5.35. The van der Waals surface area contributed by atoms with Crippen molar-refractivity contribution in [3.8, 4) is 11.4 Å². The molecule has 2 heterocycles. The SMILES string of the molecule is CCCCCNc1ccnc(-c2cc(NCCCCC)ccn2)c1. The lowest BCUT2D eigenvalue weighted by Gasteiger charge is -2.09. The molecule has 0 aliphatic rings. The van der Waals surface area contributed by atoms with Crippen molar-refractivity contribution < 1.29 is 0 Å². The first-order chi connectivity index (χ1) is 11.8. The highest BCUT2D eigenvalue weighted by atomic mass is 14.9. The molecule has 2 aromatic rings. The number of hydrogen-bond donors (Lipinski definition) is 2. The fraction of sp³-hybridized carbons (Fsp3) is 0.500. The first-order valence-electron chi connectivity index (χ1n) is 9.23. The molecular weight excluding hydrogens is 296 g/mol. The fourth-order valence-corrected chi connectivity index (χ4v) is 2.58. The van der Waals surface area contributed by atoms with Crippen molar-refractivity contribution in [1.82, 2.24) is 9.97 Å². The summed E-state index contributed by atoms with van der Waals surface area (Å²) in [6, 6.07) is 8.19. The molecule has 0 aliphatic heterocycles. The van der Waals surface area contributed by atoms with Crippen LogP contribution < -0.4 is 10.6 Å². The van der Waals surface area contributed by atoms with E-state index in [1.54, 1.807) is 0 Å². The van der Waals surface area contributed by atoms with Crippen molar-refractivity contribution in [3.05, 3.63) is 36.7 Å². The van der Waals surface area contributed by atoms with Crippen LogP contribution in [0.25, 0.3) is 11.4 Å². The van der Waals surface area contributed by atoms with Crippen molar-refractivity contribution in [2.24, 2.45) is 0 Å². The van der Waals surface area contributed by atoms with Crippen molar-refractivity contribution in [3.63, 3.8) is 0 Å². The van der Waals surface area contributed by atoms with Crippen LogP contribution in [0.15, 0.2) is 36.7 Å². The monoisotopic (exact) mass is 326 g/mol. The molecule has 0 bridgehead atoms. The van der Waals surface area contributed by atoms with Crippen LogP contribution in [0.1, 0.15) is 52.4 Å². The van der Waals surface area contributed by atoms with Crippen LogP contribution in [0.4, 0.5) is 11.4 Å². The van der Waals surface area contributed by atoms with Crippen LogP contribution >= 0.6 is 0 Å². The smallest absolute Gasteiger partial charge is 0.0907 e. The van der Waals surface area contributed by atoms with Crippen LogP contribution in [0, 0.1) is 0 Å². The number of hydrogen-bond acceptors (Lipinski definition) is 4. The van der Waals surface area contributed by atoms with Gasteiger partial charge in [0, 0.05) is 36.9 Å². The Hall–Kier alpha value is -2.10. The van der Waals surface area contributed by atoms with Gasteiger partial charge in [-0.2, -0.15) is 0 Å². The Balaban J connectivity index is 1.97. The molecule has 0 amide bonds. The van der Waals surface area contributed by atoms with Gasteiger partial charge in [-0.05, 0) is 37.1 Å². The largest absolute Gasteiger partial charge is 0.385 e. The highest BCUT2D eigenvalue weighted by Gasteiger charge is 2.04. The van der Waals surface area contributed by atoms with E-state index in [-0.39, 0.29) is 0 Å². The standard InChI is InChI=1S/C20H30N4/c1-3-5-7-11-21-17-9-13-23-19(15-17)20-16-18(10-14-24-20)22-12-8-6-4-2/h9-10,13-16H,3-8,11-12H2,1-2H3,(H,21,23)(H,22,24). The van der Waals surface area contributed by atoms with E-state index >= 15 is 0 Å². The Labute approximate surface area is 146 Å². The molecule has 0 saturated heterocycles. The molecule has 0 aromatic carbocycles. The van der Waals surface area contributed by atoms with Gasteiger partial charge in [-0.15, -0.1) is 0 Å². The van der Waals surface area contributed by atoms with Crippen LogP contribution in [0.5, 0.6) is 0 Å². The van der Waals surface area contributed by atoms with Crippen molar-refractivity contribution in [2.75, 3.05) is 23.7 Å². The molecule has 2 aromatic heterocycles. The first kappa shape index (κ1) is 18.2. The van der Waals surface area contributed by atoms with Gasteiger partial charge in [-0.25, -0.2) is 0 Å². The third-order valence-corrected chi connectivity index (χ3v) is 4.00. The van der Waals surface area contributed by atoms with E-state index in [4.69, 9.17) is 0 Å². The number of unbranched alkanes of at least 4 members (excludes halogenated alkanes) is 4. The Kier molecular flexibility index (Phi) is 8.08. The van der Waals surface area contributed by atoms with E-state index < -0.39 is 0 Å². The van der Waals surface area contributed by atoms with Gasteiger partial charge in [-0.1, -0.05) is 39.5 Å². The average molecular weight is 326 g/mol. The lowest BCUT2D eigenvalue weighted by molar-refractivity contribution is 0.743. The molecule has 4 heteroatoms. The first-order valence-corrected chi connectivity index (χ1v) is 9.23. The maximum atomic E-state index is 4.47. The lowest BCUT2D eigenvalue weighted by Crippen LogP contribution is -2.03. The molecule has 24 heavy (non-hydrogen) atoms. The summed E-state index contributed by atoms with van der Waals surface area (Å²) in [5, 5.41) is 6.94. The summed E-state index contributed by atoms with van der Waals surface area (Å²) in [5.74, 6) is 0. The van der Waals surface area contributed by atoms with Gasteiger partial charge >= 0.3 is 0 Å². The van der Waals surface area contributed by atoms with E-state index in [1.165, 1.54) is 38.5 Å². The zero-order valence-corrected chi connectivity index (χ0v) is 15.0. The molecule has 0 fully saturated rings. The molecule has 0 spiro atoms. The van der Waals surface area contributed by atoms with Gasteiger partial charge in [0.25, 0.3) is 0 Å². The molecule has 130 valence electrons. The maximum Gasteiger partial charge on any atom is 0.0907 e. The summed E-state index contributed by atoms with van der Waals surface area (Å²) in [7, 11) is 0. The Bertz CT molecular complexity index is 544. The molecule has 4 nitrogen and oxygen atoms in total. The van der Waals surface area contributed by atoms with Crippen molar-refractivity contribution in [1.29, 1.82) is 0 Å². The van der Waals surface area contributed by atoms with Crippen molar-refractivity contribution >= 4 is 11.4 Å². The molecule has 2 rings (SSSR count). The van der Waals surface area contributed by atoms with Gasteiger partial charge in [0.15, 0.2) is 0 Å². The second-order valence-corrected chi connectivity index (χ2v) is 6.13. The van der Waals surface area contributed by atoms with Gasteiger partial charge < -0.3 is 10.6 Å². The normalized spacial score (nSPS) is 10.6. The highest BCUT2D eigenvalue weighted by Crippen LogP contribution is 2.21. The molecule has 0 atom stereocenters. The number of rotatable bonds is 11. The van der Waals surface area contributed by atoms with E-state index in [0.29, 0.717) is 0 Å². The number of nitrogens with one attached hydrogen (secondary N) is 2. The van der Waals surface area contributed by atoms with Crippen LogP contribution in [0.2, 0.25) is 0 Å². The zero-order chi connectivity index (χ0) is 17.0. The Morgan fingerprint density at radius 1 is 0.708 bits per heavy atom. The quantitative estimate of drug-likeness (QED) is 0.547. The Morgan fingerprint density at radius 3 is 1.58 bits per heavy atom. The molecule has 0 unspecified atom stereocenters. The van der Waals surface area contributed by atoms with Gasteiger partial charge in [0.05, 0.1) is 11.4 Å². The molecule has 0 saturated carbocycles. The number of anilines is 2. The number of nitrogens with zero attached hydrogens (tertiary/aromatic N) is 2. The molecule has 0 radical (unpaired) electrons. The van der Waals surface area contributed by atoms with E-state index in [0.717, 1.165) is 35.9 Å². The highest BCUT2D eigenvalue weighted by molar-refractivity contribution is 5.64. The summed E-state index contributed by atoms with van der Waals surface area (Å²) in [5.41, 5.74) is 4.04. The average Bonchev–Trinajstić information content (AvgIpc) is 2.63. The third kappa shape index (κ3) is 6.19. The molecule has 0 aliphatic carbocycles. The van der Waals surface area contributed by atoms with E-state index in [1.807, 2.05) is 24.5 Å². The minimum atomic E-state index is 0.910. The number of aromatic nitrogens is 2. The van der Waals surface area contributed by atoms with Crippen LogP contribution in [0.3, 0.4) is 0 Å². The molecular formula is C20H30N4. The maximum absolute atomic E-state index is 4.47. The van der Waals surface area contributed by atoms with Crippen molar-refractivity contribution in [2.45, 2.75) is 52.4 Å². The lowest BCUT2D eigenvalue weighted by atomic mass is 10.2. The summed E-state index contributed by atoms with van der Waals surface area (Å²) in [6.45, 7) is 6.45. The predicted molar refractivity (Wildman–Crippen MR) is 103 cm³/mol. The van der Waals surface area contributed by atoms with Gasteiger partial charge in [0.2, 0.25) is 0 Å². The summed E-state index contributed by atoms with van der Waals surface area (Å²) in [6.07, 6.45) is 11.1. The van der Waals surface area contributed by atoms with E-state index in [2.05, 4.69) is 46.6 Å². The second kappa shape index (κ2) is 10.6. The summed E-state index contributed by atoms with van der Waals surface area (Å²) in [4.78, 5) is 8.95. The fourth-order valence-electron chi connectivity index (χ4n) is 2.58. The summed E-state index contributed by atoms with van der Waals surface area (Å²) >= 11 is 0. The minimum absolute atomic E-state index is 0.910. The minimum Gasteiger partial charge on any atom is -0.385 e. The number of pyridine rings is 2. The van der Waals surface area contributed by atoms with Crippen LogP contribution in [-0.4, -0.2) is 23.1 Å². The zero-order valence-electron chi connectivity index (χ0n) is 15.0. The molecule has 2 N–H and O–H groups in total. The van der Waals surface area contributed by atoms with E-state index in [9.17, 15) is 0 Å². The third-order valence-electron chi connectivity index (χ3n) is 4.00. The van der Waals surface area contributed by atoms with Gasteiger partial charge in [0.1, 0.15) is 0 Å². The topological polar surface area (TPSA) is 49.8 Å². The van der Waals surface area contributed by atoms with Crippen LogP contribution in [-0.2, 0) is 0 Å². The second-order valence-electron chi connectivity index (χ2n) is 6.13. The summed E-state index contributed by atoms with van der Waals surface area (Å²) < 4.78 is 0.